The number of hydrogen-bond acceptors (Lipinski definition) is 8. The summed E-state index contributed by atoms with van der Waals surface area (Å²) in [5.41, 5.74) is 7.29. The van der Waals surface area contributed by atoms with E-state index in [1.54, 1.807) is 36.7 Å². The number of nitrogens with one attached hydrogen (secondary N) is 3. The minimum atomic E-state index is -1.18. The van der Waals surface area contributed by atoms with Gasteiger partial charge in [-0.3, -0.25) is 24.6 Å². The summed E-state index contributed by atoms with van der Waals surface area (Å²) < 4.78 is 12.4. The smallest absolute Gasteiger partial charge is 0.338 e. The number of epoxide rings is 1. The van der Waals surface area contributed by atoms with Crippen LogP contribution in [0, 0.1) is 0 Å². The molecule has 0 aromatic rings. The summed E-state index contributed by atoms with van der Waals surface area (Å²) >= 11 is 1.79. The normalized spacial score (nSPS) is 20.0. The molecule has 5 N–H and O–H groups in total. The summed E-state index contributed by atoms with van der Waals surface area (Å²) in [6, 6.07) is -1.55. The molecule has 1 heterocycles. The highest BCUT2D eigenvalue weighted by Crippen LogP contribution is 2.25. The zero-order chi connectivity index (χ0) is 20.7. The van der Waals surface area contributed by atoms with Crippen molar-refractivity contribution in [3.63, 3.8) is 0 Å². The molecule has 152 valence electrons. The van der Waals surface area contributed by atoms with Gasteiger partial charge in [0.05, 0.1) is 12.6 Å². The number of halogens is 1. The number of rotatable bonds is 9. The maximum atomic E-state index is 12.4. The molecule has 0 aliphatic carbocycles. The molecule has 0 radical (unpaired) electrons. The average molecular weight is 499 g/mol. The van der Waals surface area contributed by atoms with Gasteiger partial charge in [0.25, 0.3) is 11.8 Å². The number of carbonyl (C=O) groups excluding carboxylic acids is 5. The first-order valence-electron chi connectivity index (χ1n) is 8.01. The lowest BCUT2D eigenvalue weighted by atomic mass is 10.2. The number of hydrogen-bond donors (Lipinski definition) is 4. The third-order valence-electron chi connectivity index (χ3n) is 3.39. The standard InChI is InChI=1S/C14H22IN5O7/c1-4-26-14(25)10-9(27-10)13(24)20(5-8(16)21)19-12(23)6(2)17-11(22)7(3)18-15/h6-7,9-10,18H,4-5H2,1-3H3,(H2,16,21)(H,17,22)(H,19,23)/t6-,7-,9?,10?/m0/s1. The van der Waals surface area contributed by atoms with Gasteiger partial charge in [-0.1, -0.05) is 0 Å². The SMILES string of the molecule is CCOC(=O)C1OC1C(=O)N(CC(N)=O)NC(=O)[C@H](C)NC(=O)[C@H](C)NI. The monoisotopic (exact) mass is 499 g/mol. The Balaban J connectivity index is 2.70. The summed E-state index contributed by atoms with van der Waals surface area (Å²) in [7, 11) is 0. The van der Waals surface area contributed by atoms with Crippen LogP contribution in [0.1, 0.15) is 20.8 Å². The van der Waals surface area contributed by atoms with Crippen molar-refractivity contribution < 1.29 is 33.4 Å². The summed E-state index contributed by atoms with van der Waals surface area (Å²) in [5.74, 6) is -3.64. The van der Waals surface area contributed by atoms with Crippen molar-refractivity contribution in [2.45, 2.75) is 45.1 Å². The predicted molar refractivity (Wildman–Crippen MR) is 98.6 cm³/mol. The Morgan fingerprint density at radius 1 is 1.15 bits per heavy atom. The van der Waals surface area contributed by atoms with Crippen LogP contribution >= 0.6 is 22.9 Å². The van der Waals surface area contributed by atoms with E-state index < -0.39 is 60.4 Å². The number of carbonyl (C=O) groups is 5. The van der Waals surface area contributed by atoms with Gasteiger partial charge in [0, 0.05) is 22.9 Å². The Kier molecular flexibility index (Phi) is 8.84. The van der Waals surface area contributed by atoms with Gasteiger partial charge in [-0.25, -0.2) is 13.3 Å². The summed E-state index contributed by atoms with van der Waals surface area (Å²) in [6.45, 7) is 4.07. The van der Waals surface area contributed by atoms with Crippen LogP contribution in [0.3, 0.4) is 0 Å². The lowest BCUT2D eigenvalue weighted by Gasteiger charge is -2.24. The summed E-state index contributed by atoms with van der Waals surface area (Å²) in [4.78, 5) is 59.1. The zero-order valence-corrected chi connectivity index (χ0v) is 17.1. The molecule has 27 heavy (non-hydrogen) atoms. The maximum absolute atomic E-state index is 12.4. The summed E-state index contributed by atoms with van der Waals surface area (Å²) in [6.07, 6.45) is -2.28. The first kappa shape index (κ1) is 23.0. The van der Waals surface area contributed by atoms with E-state index >= 15 is 0 Å². The third-order valence-corrected chi connectivity index (χ3v) is 4.32. The second-order valence-corrected chi connectivity index (χ2v) is 6.28. The van der Waals surface area contributed by atoms with Crippen LogP contribution < -0.4 is 20.0 Å². The minimum Gasteiger partial charge on any atom is -0.464 e. The molecule has 0 aromatic heterocycles. The van der Waals surface area contributed by atoms with Crippen molar-refractivity contribution in [3.8, 4) is 0 Å². The fourth-order valence-corrected chi connectivity index (χ4v) is 2.15. The van der Waals surface area contributed by atoms with Gasteiger partial charge in [-0.05, 0) is 20.8 Å². The quantitative estimate of drug-likeness (QED) is 0.0886. The van der Waals surface area contributed by atoms with E-state index in [4.69, 9.17) is 15.2 Å². The topological polar surface area (TPSA) is 172 Å². The highest BCUT2D eigenvalue weighted by Gasteiger charge is 2.53. The van der Waals surface area contributed by atoms with Crippen LogP contribution in [0.2, 0.25) is 0 Å². The largest absolute Gasteiger partial charge is 0.464 e. The molecule has 1 saturated heterocycles. The molecular weight excluding hydrogens is 477 g/mol. The second-order valence-electron chi connectivity index (χ2n) is 5.66. The van der Waals surface area contributed by atoms with Gasteiger partial charge in [-0.2, -0.15) is 0 Å². The van der Waals surface area contributed by atoms with Crippen molar-refractivity contribution in [2.24, 2.45) is 5.73 Å². The van der Waals surface area contributed by atoms with E-state index in [1.807, 2.05) is 0 Å². The number of hydrazine groups is 1. The summed E-state index contributed by atoms with van der Waals surface area (Å²) in [5, 5.41) is 3.09. The van der Waals surface area contributed by atoms with Crippen LogP contribution in [0.4, 0.5) is 0 Å². The molecule has 13 heteroatoms. The van der Waals surface area contributed by atoms with E-state index in [2.05, 4.69) is 14.3 Å². The molecular formula is C14H22IN5O7. The Hall–Kier alpha value is -2.00. The van der Waals surface area contributed by atoms with Gasteiger partial charge in [0.15, 0.2) is 12.2 Å². The molecule has 12 nitrogen and oxygen atoms in total. The van der Waals surface area contributed by atoms with Gasteiger partial charge < -0.3 is 20.5 Å². The first-order valence-corrected chi connectivity index (χ1v) is 9.09. The molecule has 0 spiro atoms. The van der Waals surface area contributed by atoms with Gasteiger partial charge >= 0.3 is 5.97 Å². The van der Waals surface area contributed by atoms with Crippen molar-refractivity contribution in [1.29, 1.82) is 0 Å². The van der Waals surface area contributed by atoms with Crippen LogP contribution in [-0.4, -0.2) is 72.1 Å². The van der Waals surface area contributed by atoms with Gasteiger partial charge in [-0.15, -0.1) is 0 Å². The van der Waals surface area contributed by atoms with E-state index in [1.165, 1.54) is 6.92 Å². The number of ether oxygens (including phenoxy) is 2. The van der Waals surface area contributed by atoms with E-state index in [9.17, 15) is 24.0 Å². The van der Waals surface area contributed by atoms with Crippen molar-refractivity contribution in [3.05, 3.63) is 0 Å². The molecule has 1 aliphatic heterocycles. The van der Waals surface area contributed by atoms with E-state index in [-0.39, 0.29) is 6.61 Å². The fraction of sp³-hybridized carbons (Fsp3) is 0.643. The fourth-order valence-electron chi connectivity index (χ4n) is 1.87. The highest BCUT2D eigenvalue weighted by atomic mass is 127. The van der Waals surface area contributed by atoms with Crippen molar-refractivity contribution >= 4 is 52.5 Å². The molecule has 1 fully saturated rings. The van der Waals surface area contributed by atoms with Gasteiger partial charge in [0.1, 0.15) is 12.6 Å². The van der Waals surface area contributed by atoms with Crippen LogP contribution in [0.5, 0.6) is 0 Å². The predicted octanol–water partition coefficient (Wildman–Crippen LogP) is -2.51. The number of nitrogens with zero attached hydrogens (tertiary/aromatic N) is 1. The Bertz CT molecular complexity index is 617. The molecule has 4 amide bonds. The highest BCUT2D eigenvalue weighted by molar-refractivity contribution is 14.1. The maximum Gasteiger partial charge on any atom is 0.338 e. The third kappa shape index (κ3) is 6.91. The van der Waals surface area contributed by atoms with Crippen molar-refractivity contribution in [2.75, 3.05) is 13.2 Å². The molecule has 0 bridgehead atoms. The zero-order valence-electron chi connectivity index (χ0n) is 15.0. The Labute approximate surface area is 169 Å². The molecule has 0 saturated carbocycles. The number of primary amides is 1. The van der Waals surface area contributed by atoms with Crippen LogP contribution in [0.15, 0.2) is 0 Å². The number of amides is 4. The average Bonchev–Trinajstić information content (AvgIpc) is 3.40. The number of esters is 1. The lowest BCUT2D eigenvalue weighted by molar-refractivity contribution is -0.146. The van der Waals surface area contributed by atoms with E-state index in [0.29, 0.717) is 5.01 Å². The van der Waals surface area contributed by atoms with Crippen LogP contribution in [0.25, 0.3) is 0 Å². The molecule has 1 aliphatic rings. The molecule has 0 aromatic carbocycles. The van der Waals surface area contributed by atoms with E-state index in [0.717, 1.165) is 0 Å². The Morgan fingerprint density at radius 3 is 2.30 bits per heavy atom. The second kappa shape index (κ2) is 10.4. The molecule has 4 atom stereocenters. The van der Waals surface area contributed by atoms with Crippen molar-refractivity contribution in [1.82, 2.24) is 19.3 Å². The van der Waals surface area contributed by atoms with Gasteiger partial charge in [0.2, 0.25) is 11.8 Å². The lowest BCUT2D eigenvalue weighted by Crippen LogP contribution is -2.57. The number of nitrogens with two attached hydrogens (primary N) is 1. The first-order chi connectivity index (χ1) is 12.6. The molecule has 2 unspecified atom stereocenters. The molecule has 1 rings (SSSR count). The Morgan fingerprint density at radius 2 is 1.78 bits per heavy atom. The van der Waals surface area contributed by atoms with Crippen LogP contribution in [-0.2, 0) is 33.4 Å². The minimum absolute atomic E-state index is 0.114.